The van der Waals surface area contributed by atoms with Gasteiger partial charge in [0.15, 0.2) is 29.0 Å². The second-order valence-corrected chi connectivity index (χ2v) is 4.23. The summed E-state index contributed by atoms with van der Waals surface area (Å²) in [7, 11) is 0. The van der Waals surface area contributed by atoms with Gasteiger partial charge in [0.05, 0.1) is 0 Å². The Morgan fingerprint density at radius 1 is 1.06 bits per heavy atom. The summed E-state index contributed by atoms with van der Waals surface area (Å²) in [6, 6.07) is 4.39. The number of nitrogens with zero attached hydrogens (tertiary/aromatic N) is 1. The van der Waals surface area contributed by atoms with Crippen molar-refractivity contribution in [3.8, 4) is 11.6 Å². The molecule has 1 aromatic heterocycles. The Morgan fingerprint density at radius 3 is 2.50 bits per heavy atom. The standard InChI is InChI=1S/C11H6BrF3N2O/c12-5-1-2-6(13)9(3-5)18-11-8(15)4-7(14)10(16)17-11/h1-4H,(H2,16,17). The third-order valence-electron chi connectivity index (χ3n) is 2.02. The lowest BCUT2D eigenvalue weighted by atomic mass is 10.3. The quantitative estimate of drug-likeness (QED) is 0.919. The van der Waals surface area contributed by atoms with Crippen molar-refractivity contribution < 1.29 is 17.9 Å². The van der Waals surface area contributed by atoms with Gasteiger partial charge in [0.2, 0.25) is 0 Å². The molecule has 2 N–H and O–H groups in total. The van der Waals surface area contributed by atoms with E-state index >= 15 is 0 Å². The van der Waals surface area contributed by atoms with Gasteiger partial charge in [-0.1, -0.05) is 15.9 Å². The monoisotopic (exact) mass is 318 g/mol. The third kappa shape index (κ3) is 2.56. The molecule has 0 unspecified atom stereocenters. The summed E-state index contributed by atoms with van der Waals surface area (Å²) < 4.78 is 45.0. The molecule has 1 aromatic carbocycles. The summed E-state index contributed by atoms with van der Waals surface area (Å²) in [4.78, 5) is 3.36. The number of halogens is 4. The van der Waals surface area contributed by atoms with Crippen LogP contribution in [0.15, 0.2) is 28.7 Å². The maximum atomic E-state index is 13.4. The zero-order valence-electron chi connectivity index (χ0n) is 8.75. The molecule has 0 radical (unpaired) electrons. The molecule has 0 bridgehead atoms. The molecule has 0 aliphatic rings. The summed E-state index contributed by atoms with van der Waals surface area (Å²) in [5, 5.41) is 0. The molecule has 18 heavy (non-hydrogen) atoms. The number of nitrogen functional groups attached to an aromatic ring is 1. The van der Waals surface area contributed by atoms with Crippen LogP contribution in [0.3, 0.4) is 0 Å². The van der Waals surface area contributed by atoms with Crippen LogP contribution >= 0.6 is 15.9 Å². The molecule has 0 aliphatic carbocycles. The molecule has 0 spiro atoms. The molecule has 1 heterocycles. The molecule has 0 fully saturated rings. The number of aromatic nitrogens is 1. The molecule has 2 rings (SSSR count). The number of nitrogens with two attached hydrogens (primary N) is 1. The van der Waals surface area contributed by atoms with Crippen LogP contribution in [-0.4, -0.2) is 4.98 Å². The van der Waals surface area contributed by atoms with Gasteiger partial charge < -0.3 is 10.5 Å². The summed E-state index contributed by atoms with van der Waals surface area (Å²) in [6.45, 7) is 0. The summed E-state index contributed by atoms with van der Waals surface area (Å²) >= 11 is 3.11. The normalized spacial score (nSPS) is 10.4. The molecule has 94 valence electrons. The van der Waals surface area contributed by atoms with Crippen LogP contribution in [-0.2, 0) is 0 Å². The van der Waals surface area contributed by atoms with Crippen molar-refractivity contribution in [3.05, 3.63) is 46.2 Å². The molecular formula is C11H6BrF3N2O. The lowest BCUT2D eigenvalue weighted by Crippen LogP contribution is -2.01. The highest BCUT2D eigenvalue weighted by molar-refractivity contribution is 9.10. The lowest BCUT2D eigenvalue weighted by molar-refractivity contribution is 0.395. The fourth-order valence-electron chi connectivity index (χ4n) is 1.19. The molecule has 0 saturated heterocycles. The molecule has 7 heteroatoms. The topological polar surface area (TPSA) is 48.1 Å². The van der Waals surface area contributed by atoms with Crippen molar-refractivity contribution in [3.63, 3.8) is 0 Å². The molecule has 0 amide bonds. The van der Waals surface area contributed by atoms with Crippen LogP contribution in [0.1, 0.15) is 0 Å². The first-order chi connectivity index (χ1) is 8.47. The predicted octanol–water partition coefficient (Wildman–Crippen LogP) is 3.64. The van der Waals surface area contributed by atoms with Crippen LogP contribution in [0.5, 0.6) is 11.6 Å². The van der Waals surface area contributed by atoms with E-state index in [1.54, 1.807) is 0 Å². The van der Waals surface area contributed by atoms with E-state index in [2.05, 4.69) is 20.9 Å². The predicted molar refractivity (Wildman–Crippen MR) is 62.7 cm³/mol. The van der Waals surface area contributed by atoms with Gasteiger partial charge in [0.1, 0.15) is 0 Å². The van der Waals surface area contributed by atoms with Gasteiger partial charge in [-0.2, -0.15) is 4.98 Å². The average Bonchev–Trinajstić information content (AvgIpc) is 2.30. The second kappa shape index (κ2) is 4.85. The highest BCUT2D eigenvalue weighted by Gasteiger charge is 2.14. The molecule has 0 atom stereocenters. The Morgan fingerprint density at radius 2 is 1.78 bits per heavy atom. The number of anilines is 1. The summed E-state index contributed by atoms with van der Waals surface area (Å²) in [5.74, 6) is -4.15. The minimum absolute atomic E-state index is 0.248. The van der Waals surface area contributed by atoms with E-state index < -0.39 is 29.1 Å². The number of benzene rings is 1. The van der Waals surface area contributed by atoms with E-state index in [-0.39, 0.29) is 5.75 Å². The molecule has 0 saturated carbocycles. The second-order valence-electron chi connectivity index (χ2n) is 3.32. The highest BCUT2D eigenvalue weighted by Crippen LogP contribution is 2.29. The zero-order chi connectivity index (χ0) is 13.3. The lowest BCUT2D eigenvalue weighted by Gasteiger charge is -2.08. The third-order valence-corrected chi connectivity index (χ3v) is 2.52. The van der Waals surface area contributed by atoms with Crippen molar-refractivity contribution in [1.29, 1.82) is 0 Å². The van der Waals surface area contributed by atoms with E-state index in [1.807, 2.05) is 0 Å². The average molecular weight is 319 g/mol. The number of ether oxygens (including phenoxy) is 1. The number of rotatable bonds is 2. The largest absolute Gasteiger partial charge is 0.433 e. The van der Waals surface area contributed by atoms with Crippen LogP contribution in [0.4, 0.5) is 19.0 Å². The fraction of sp³-hybridized carbons (Fsp3) is 0. The summed E-state index contributed by atoms with van der Waals surface area (Å²) in [5.41, 5.74) is 5.18. The van der Waals surface area contributed by atoms with Gasteiger partial charge in [-0.25, -0.2) is 13.2 Å². The van der Waals surface area contributed by atoms with E-state index in [0.717, 1.165) is 6.07 Å². The molecule has 3 nitrogen and oxygen atoms in total. The highest BCUT2D eigenvalue weighted by atomic mass is 79.9. The van der Waals surface area contributed by atoms with Crippen molar-refractivity contribution >= 4 is 21.7 Å². The fourth-order valence-corrected chi connectivity index (χ4v) is 1.53. The van der Waals surface area contributed by atoms with Crippen LogP contribution < -0.4 is 10.5 Å². The van der Waals surface area contributed by atoms with Gasteiger partial charge in [-0.15, -0.1) is 0 Å². The number of hydrogen-bond donors (Lipinski definition) is 1. The Hall–Kier alpha value is -1.76. The van der Waals surface area contributed by atoms with E-state index in [1.165, 1.54) is 12.1 Å². The van der Waals surface area contributed by atoms with Crippen molar-refractivity contribution in [2.75, 3.05) is 5.73 Å². The van der Waals surface area contributed by atoms with Crippen LogP contribution in [0.2, 0.25) is 0 Å². The Labute approximate surface area is 109 Å². The van der Waals surface area contributed by atoms with E-state index in [0.29, 0.717) is 10.5 Å². The smallest absolute Gasteiger partial charge is 0.258 e. The Balaban J connectivity index is 2.40. The van der Waals surface area contributed by atoms with Gasteiger partial charge in [0.25, 0.3) is 5.88 Å². The first kappa shape index (κ1) is 12.7. The van der Waals surface area contributed by atoms with Gasteiger partial charge in [0, 0.05) is 10.5 Å². The van der Waals surface area contributed by atoms with E-state index in [4.69, 9.17) is 10.5 Å². The first-order valence-electron chi connectivity index (χ1n) is 4.72. The van der Waals surface area contributed by atoms with Crippen LogP contribution in [0, 0.1) is 17.5 Å². The minimum atomic E-state index is -1.07. The zero-order valence-corrected chi connectivity index (χ0v) is 10.3. The number of pyridine rings is 1. The maximum absolute atomic E-state index is 13.4. The SMILES string of the molecule is Nc1nc(Oc2cc(Br)ccc2F)c(F)cc1F. The Kier molecular flexibility index (Phi) is 3.42. The van der Waals surface area contributed by atoms with Crippen molar-refractivity contribution in [2.45, 2.75) is 0 Å². The van der Waals surface area contributed by atoms with Gasteiger partial charge >= 0.3 is 0 Å². The maximum Gasteiger partial charge on any atom is 0.258 e. The molecule has 0 aliphatic heterocycles. The van der Waals surface area contributed by atoms with Crippen molar-refractivity contribution in [2.24, 2.45) is 0 Å². The molecular weight excluding hydrogens is 313 g/mol. The summed E-state index contributed by atoms with van der Waals surface area (Å²) in [6.07, 6.45) is 0. The van der Waals surface area contributed by atoms with Gasteiger partial charge in [-0.05, 0) is 18.2 Å². The first-order valence-corrected chi connectivity index (χ1v) is 5.51. The minimum Gasteiger partial charge on any atom is -0.433 e. The van der Waals surface area contributed by atoms with Gasteiger partial charge in [-0.3, -0.25) is 0 Å². The van der Waals surface area contributed by atoms with Crippen molar-refractivity contribution in [1.82, 2.24) is 4.98 Å². The van der Waals surface area contributed by atoms with Crippen LogP contribution in [0.25, 0.3) is 0 Å². The Bertz CT molecular complexity index is 607. The molecule has 2 aromatic rings. The number of hydrogen-bond acceptors (Lipinski definition) is 3. The van der Waals surface area contributed by atoms with E-state index in [9.17, 15) is 13.2 Å².